The predicted molar refractivity (Wildman–Crippen MR) is 145 cm³/mol. The lowest BCUT2D eigenvalue weighted by Gasteiger charge is -2.72. The number of aliphatic hydroxyl groups excluding tert-OH is 1. The normalized spacial score (nSPS) is 53.4. The number of hydrogen-bond donors (Lipinski definition) is 3. The van der Waals surface area contributed by atoms with Crippen LogP contribution in [-0.4, -0.2) is 45.1 Å². The van der Waals surface area contributed by atoms with Gasteiger partial charge in [0.2, 0.25) is 0 Å². The number of carbonyl (C=O) groups is 2. The van der Waals surface area contributed by atoms with E-state index in [2.05, 4.69) is 47.6 Å². The maximum atomic E-state index is 12.9. The lowest BCUT2D eigenvalue weighted by atomic mass is 9.33. The van der Waals surface area contributed by atoms with Crippen molar-refractivity contribution in [1.29, 1.82) is 0 Å². The number of allylic oxidation sites excluding steroid dienone is 1. The second-order valence-electron chi connectivity index (χ2n) is 15.5. The molecule has 214 valence electrons. The molecule has 0 aromatic rings. The van der Waals surface area contributed by atoms with Crippen molar-refractivity contribution in [1.82, 2.24) is 0 Å². The minimum atomic E-state index is -1.07. The Hall–Kier alpha value is -1.40. The lowest BCUT2D eigenvalue weighted by molar-refractivity contribution is -0.242. The number of carboxylic acid groups (broad SMARTS) is 1. The van der Waals surface area contributed by atoms with Crippen LogP contribution in [0.2, 0.25) is 0 Å². The number of carbonyl (C=O) groups excluding carboxylic acids is 1. The van der Waals surface area contributed by atoms with Gasteiger partial charge in [-0.05, 0) is 92.3 Å². The zero-order chi connectivity index (χ0) is 28.3. The predicted octanol–water partition coefficient (Wildman–Crippen LogP) is 5.75. The average molecular weight is 531 g/mol. The van der Waals surface area contributed by atoms with Crippen LogP contribution in [0.4, 0.5) is 0 Å². The Kier molecular flexibility index (Phi) is 6.16. The van der Waals surface area contributed by atoms with Gasteiger partial charge in [0.1, 0.15) is 6.10 Å². The van der Waals surface area contributed by atoms with Gasteiger partial charge in [-0.3, -0.25) is 9.59 Å². The first-order chi connectivity index (χ1) is 17.4. The molecule has 0 radical (unpaired) electrons. The van der Waals surface area contributed by atoms with Gasteiger partial charge in [0.15, 0.2) is 0 Å². The van der Waals surface area contributed by atoms with Gasteiger partial charge in [0, 0.05) is 18.3 Å². The summed E-state index contributed by atoms with van der Waals surface area (Å²) >= 11 is 0. The third-order valence-electron chi connectivity index (χ3n) is 13.7. The fourth-order valence-corrected chi connectivity index (χ4v) is 11.4. The molecule has 5 aliphatic carbocycles. The first kappa shape index (κ1) is 28.1. The Bertz CT molecular complexity index is 1060. The van der Waals surface area contributed by atoms with Gasteiger partial charge in [0.05, 0.1) is 17.1 Å². The molecule has 0 unspecified atom stereocenters. The molecule has 6 nitrogen and oxygen atoms in total. The number of ether oxygens (including phenoxy) is 1. The number of aliphatic hydroxyl groups is 2. The van der Waals surface area contributed by atoms with E-state index >= 15 is 0 Å². The van der Waals surface area contributed by atoms with Gasteiger partial charge in [-0.15, -0.1) is 0 Å². The molecule has 0 saturated heterocycles. The van der Waals surface area contributed by atoms with E-state index in [1.165, 1.54) is 12.5 Å². The van der Waals surface area contributed by atoms with E-state index in [4.69, 9.17) is 4.74 Å². The molecular weight excluding hydrogens is 480 g/mol. The molecule has 3 N–H and O–H groups in total. The van der Waals surface area contributed by atoms with Gasteiger partial charge >= 0.3 is 11.9 Å². The Labute approximate surface area is 228 Å². The van der Waals surface area contributed by atoms with Crippen LogP contribution in [0.1, 0.15) is 107 Å². The summed E-state index contributed by atoms with van der Waals surface area (Å²) in [5.74, 6) is -0.859. The minimum Gasteiger partial charge on any atom is -0.481 e. The lowest BCUT2D eigenvalue weighted by Crippen LogP contribution is -2.69. The SMILES string of the molecule is CC(=O)O[C@@H]1[C@H](O)C[C@]2(C)[C@H]3CC=C4[C@H]5[C@](C(=O)O)(CC[C@@H](C)[C@@]5(C)O)CC[C@@]4(C)[C@]3(C)CC[C@H]2C1(C)C. The summed E-state index contributed by atoms with van der Waals surface area (Å²) in [7, 11) is 0. The van der Waals surface area contributed by atoms with E-state index in [9.17, 15) is 24.9 Å². The van der Waals surface area contributed by atoms with Crippen molar-refractivity contribution in [3.63, 3.8) is 0 Å². The van der Waals surface area contributed by atoms with Crippen molar-refractivity contribution in [2.24, 2.45) is 50.7 Å². The second-order valence-corrected chi connectivity index (χ2v) is 15.5. The zero-order valence-corrected chi connectivity index (χ0v) is 24.8. The maximum Gasteiger partial charge on any atom is 0.310 e. The summed E-state index contributed by atoms with van der Waals surface area (Å²) in [4.78, 5) is 24.8. The monoisotopic (exact) mass is 530 g/mol. The molecule has 0 heterocycles. The summed E-state index contributed by atoms with van der Waals surface area (Å²) in [6.45, 7) is 16.8. The quantitative estimate of drug-likeness (QED) is 0.310. The fourth-order valence-electron chi connectivity index (χ4n) is 11.4. The van der Waals surface area contributed by atoms with E-state index in [-0.39, 0.29) is 39.5 Å². The van der Waals surface area contributed by atoms with E-state index < -0.39 is 29.2 Å². The molecule has 38 heavy (non-hydrogen) atoms. The molecule has 4 fully saturated rings. The van der Waals surface area contributed by atoms with Crippen LogP contribution in [-0.2, 0) is 14.3 Å². The molecular formula is C32H50O6. The standard InChI is InChI=1S/C32H50O6/c1-18-11-14-32(26(35)36)16-15-29(6)20(24(32)31(18,8)37)9-10-23-28(5)17-21(34)25(38-19(2)33)27(3,4)22(28)12-13-30(23,29)7/h9,18,21-25,34,37H,10-17H2,1-8H3,(H,35,36)/t18-,21-,22+,23-,24-,25-,28+,29-,30-,31-,32+/m1/s1. The molecule has 0 aromatic carbocycles. The molecule has 5 rings (SSSR count). The Balaban J connectivity index is 1.61. The van der Waals surface area contributed by atoms with E-state index in [1.54, 1.807) is 0 Å². The van der Waals surface area contributed by atoms with Crippen LogP contribution in [0.15, 0.2) is 11.6 Å². The van der Waals surface area contributed by atoms with Crippen LogP contribution < -0.4 is 0 Å². The van der Waals surface area contributed by atoms with Gasteiger partial charge in [-0.2, -0.15) is 0 Å². The van der Waals surface area contributed by atoms with Crippen molar-refractivity contribution in [2.45, 2.75) is 125 Å². The first-order valence-corrected chi connectivity index (χ1v) is 14.9. The number of rotatable bonds is 2. The molecule has 0 spiro atoms. The third kappa shape index (κ3) is 3.31. The van der Waals surface area contributed by atoms with Crippen molar-refractivity contribution >= 4 is 11.9 Å². The Morgan fingerprint density at radius 3 is 2.24 bits per heavy atom. The van der Waals surface area contributed by atoms with Gasteiger partial charge in [-0.25, -0.2) is 0 Å². The number of esters is 1. The number of carboxylic acids is 1. The van der Waals surface area contributed by atoms with Gasteiger partial charge < -0.3 is 20.1 Å². The summed E-state index contributed by atoms with van der Waals surface area (Å²) in [5.41, 5.74) is -1.64. The Morgan fingerprint density at radius 2 is 1.63 bits per heavy atom. The molecule has 4 saturated carbocycles. The number of hydrogen-bond acceptors (Lipinski definition) is 5. The summed E-state index contributed by atoms with van der Waals surface area (Å²) in [5, 5.41) is 33.9. The number of aliphatic carboxylic acids is 1. The fraction of sp³-hybridized carbons (Fsp3) is 0.875. The highest BCUT2D eigenvalue weighted by molar-refractivity contribution is 5.77. The molecule has 11 atom stereocenters. The topological polar surface area (TPSA) is 104 Å². The van der Waals surface area contributed by atoms with Crippen LogP contribution in [0.5, 0.6) is 0 Å². The Morgan fingerprint density at radius 1 is 0.974 bits per heavy atom. The summed E-state index contributed by atoms with van der Waals surface area (Å²) < 4.78 is 5.72. The highest BCUT2D eigenvalue weighted by atomic mass is 16.6. The molecule has 0 bridgehead atoms. The average Bonchev–Trinajstić information content (AvgIpc) is 2.79. The summed E-state index contributed by atoms with van der Waals surface area (Å²) in [6, 6.07) is 0. The first-order valence-electron chi connectivity index (χ1n) is 14.9. The zero-order valence-electron chi connectivity index (χ0n) is 24.8. The second kappa shape index (κ2) is 8.31. The third-order valence-corrected chi connectivity index (χ3v) is 13.7. The van der Waals surface area contributed by atoms with Gasteiger partial charge in [0.25, 0.3) is 0 Å². The number of fused-ring (bicyclic) bond motifs is 7. The molecule has 0 aliphatic heterocycles. The van der Waals surface area contributed by atoms with Crippen molar-refractivity contribution < 1.29 is 29.6 Å². The van der Waals surface area contributed by atoms with Crippen LogP contribution in [0, 0.1) is 50.7 Å². The van der Waals surface area contributed by atoms with E-state index in [0.717, 1.165) is 32.1 Å². The smallest absolute Gasteiger partial charge is 0.310 e. The van der Waals surface area contributed by atoms with Crippen molar-refractivity contribution in [2.75, 3.05) is 0 Å². The van der Waals surface area contributed by atoms with Crippen molar-refractivity contribution in [3.05, 3.63) is 11.6 Å². The summed E-state index contributed by atoms with van der Waals surface area (Å²) in [6.07, 6.45) is 7.24. The minimum absolute atomic E-state index is 0.0366. The largest absolute Gasteiger partial charge is 0.481 e. The van der Waals surface area contributed by atoms with Crippen molar-refractivity contribution in [3.8, 4) is 0 Å². The van der Waals surface area contributed by atoms with E-state index in [0.29, 0.717) is 31.1 Å². The van der Waals surface area contributed by atoms with Crippen LogP contribution >= 0.6 is 0 Å². The van der Waals surface area contributed by atoms with Gasteiger partial charge in [-0.1, -0.05) is 53.2 Å². The highest BCUT2D eigenvalue weighted by Gasteiger charge is 2.72. The van der Waals surface area contributed by atoms with E-state index in [1.807, 2.05) is 6.92 Å². The maximum absolute atomic E-state index is 12.9. The highest BCUT2D eigenvalue weighted by Crippen LogP contribution is 2.76. The molecule has 0 amide bonds. The molecule has 0 aromatic heterocycles. The van der Waals surface area contributed by atoms with Crippen LogP contribution in [0.3, 0.4) is 0 Å². The molecule has 5 aliphatic rings. The van der Waals surface area contributed by atoms with Crippen LogP contribution in [0.25, 0.3) is 0 Å². The molecule has 6 heteroatoms.